The molecule has 3 aromatic rings. The van der Waals surface area contributed by atoms with E-state index in [1.54, 1.807) is 30.3 Å². The Kier molecular flexibility index (Phi) is 7.38. The monoisotopic (exact) mass is 446 g/mol. The second-order valence-electron chi connectivity index (χ2n) is 6.95. The van der Waals surface area contributed by atoms with Crippen molar-refractivity contribution in [2.75, 3.05) is 17.7 Å². The number of hydrogen-bond acceptors (Lipinski definition) is 6. The number of nitrogens with zero attached hydrogens (tertiary/aromatic N) is 1. The highest BCUT2D eigenvalue weighted by Crippen LogP contribution is 2.25. The van der Waals surface area contributed by atoms with Crippen LogP contribution in [-0.2, 0) is 9.59 Å². The molecule has 168 valence electrons. The van der Waals surface area contributed by atoms with E-state index in [2.05, 4.69) is 21.2 Å². The Morgan fingerprint density at radius 1 is 0.939 bits per heavy atom. The van der Waals surface area contributed by atoms with E-state index < -0.39 is 17.7 Å². The smallest absolute Gasteiger partial charge is 0.329 e. The van der Waals surface area contributed by atoms with E-state index in [4.69, 9.17) is 4.74 Å². The molecule has 0 fully saturated rings. The summed E-state index contributed by atoms with van der Waals surface area (Å²) in [6.07, 6.45) is 1.29. The number of hydrazone groups is 1. The highest BCUT2D eigenvalue weighted by molar-refractivity contribution is 6.40. The fourth-order valence-electron chi connectivity index (χ4n) is 2.80. The van der Waals surface area contributed by atoms with Crippen LogP contribution < -0.4 is 20.8 Å². The van der Waals surface area contributed by atoms with E-state index in [0.29, 0.717) is 11.3 Å². The molecule has 0 aliphatic carbocycles. The van der Waals surface area contributed by atoms with Crippen LogP contribution in [0.2, 0.25) is 0 Å². The van der Waals surface area contributed by atoms with Crippen LogP contribution in [0.5, 0.6) is 11.5 Å². The first-order chi connectivity index (χ1) is 15.9. The van der Waals surface area contributed by atoms with Crippen LogP contribution in [0.4, 0.5) is 11.4 Å². The lowest BCUT2D eigenvalue weighted by atomic mass is 10.1. The first-order valence-electron chi connectivity index (χ1n) is 9.86. The number of anilines is 2. The van der Waals surface area contributed by atoms with Crippen LogP contribution >= 0.6 is 0 Å². The zero-order chi connectivity index (χ0) is 23.8. The number of rotatable bonds is 6. The number of phenols is 1. The zero-order valence-corrected chi connectivity index (χ0v) is 18.0. The number of carbonyl (C=O) groups excluding carboxylic acids is 3. The number of hydrogen-bond donors (Lipinski definition) is 4. The van der Waals surface area contributed by atoms with Gasteiger partial charge in [-0.2, -0.15) is 5.10 Å². The van der Waals surface area contributed by atoms with Gasteiger partial charge in [0.1, 0.15) is 0 Å². The highest BCUT2D eigenvalue weighted by atomic mass is 16.5. The maximum atomic E-state index is 12.7. The fraction of sp³-hybridized carbons (Fsp3) is 0.0833. The van der Waals surface area contributed by atoms with Gasteiger partial charge in [-0.3, -0.25) is 14.4 Å². The van der Waals surface area contributed by atoms with E-state index in [0.717, 1.165) is 5.56 Å². The van der Waals surface area contributed by atoms with Crippen molar-refractivity contribution < 1.29 is 24.2 Å². The van der Waals surface area contributed by atoms with Gasteiger partial charge in [-0.15, -0.1) is 0 Å². The van der Waals surface area contributed by atoms with Crippen molar-refractivity contribution in [2.45, 2.75) is 6.92 Å². The van der Waals surface area contributed by atoms with Crippen molar-refractivity contribution in [1.29, 1.82) is 0 Å². The molecule has 0 saturated heterocycles. The molecule has 0 atom stereocenters. The number of methoxy groups -OCH3 is 1. The standard InChI is InChI=1S/C24H22N4O5/c1-15-7-10-17(11-8-15)26-22(30)18-5-3-4-6-19(18)27-23(31)24(32)28-25-14-16-9-12-20(29)21(13-16)33-2/h3-14,29H,1-2H3,(H,26,30)(H,27,31)(H,28,32)/b25-14+. The van der Waals surface area contributed by atoms with Crippen molar-refractivity contribution in [3.63, 3.8) is 0 Å². The summed E-state index contributed by atoms with van der Waals surface area (Å²) in [6.45, 7) is 1.94. The number of aromatic hydroxyl groups is 1. The molecule has 3 rings (SSSR count). The van der Waals surface area contributed by atoms with E-state index in [9.17, 15) is 19.5 Å². The molecule has 0 aromatic heterocycles. The molecule has 9 nitrogen and oxygen atoms in total. The van der Waals surface area contributed by atoms with Crippen LogP contribution in [0.1, 0.15) is 21.5 Å². The molecule has 4 N–H and O–H groups in total. The lowest BCUT2D eigenvalue weighted by molar-refractivity contribution is -0.136. The predicted octanol–water partition coefficient (Wildman–Crippen LogP) is 3.05. The summed E-state index contributed by atoms with van der Waals surface area (Å²) in [4.78, 5) is 37.1. The van der Waals surface area contributed by atoms with Gasteiger partial charge in [0.25, 0.3) is 5.91 Å². The van der Waals surface area contributed by atoms with Crippen LogP contribution in [0.25, 0.3) is 0 Å². The largest absolute Gasteiger partial charge is 0.504 e. The molecule has 0 spiro atoms. The Labute approximate surface area is 190 Å². The average molecular weight is 446 g/mol. The Balaban J connectivity index is 1.63. The van der Waals surface area contributed by atoms with Crippen molar-refractivity contribution >= 4 is 35.3 Å². The molecule has 0 radical (unpaired) electrons. The lowest BCUT2D eigenvalue weighted by Gasteiger charge is -2.11. The summed E-state index contributed by atoms with van der Waals surface area (Å²) in [5, 5.41) is 18.5. The maximum Gasteiger partial charge on any atom is 0.329 e. The maximum absolute atomic E-state index is 12.7. The summed E-state index contributed by atoms with van der Waals surface area (Å²) >= 11 is 0. The third kappa shape index (κ3) is 6.17. The third-order valence-corrected chi connectivity index (χ3v) is 4.52. The molecule has 0 unspecified atom stereocenters. The summed E-state index contributed by atoms with van der Waals surface area (Å²) in [5.41, 5.74) is 4.67. The van der Waals surface area contributed by atoms with Crippen molar-refractivity contribution in [3.8, 4) is 11.5 Å². The summed E-state index contributed by atoms with van der Waals surface area (Å²) in [5.74, 6) is -2.25. The Hall–Kier alpha value is -4.66. The second kappa shape index (κ2) is 10.6. The minimum absolute atomic E-state index is 0.0388. The van der Waals surface area contributed by atoms with E-state index >= 15 is 0 Å². The number of phenolic OH excluding ortho intramolecular Hbond substituents is 1. The molecule has 33 heavy (non-hydrogen) atoms. The molecule has 0 bridgehead atoms. The van der Waals surface area contributed by atoms with Gasteiger partial charge in [-0.25, -0.2) is 5.43 Å². The average Bonchev–Trinajstić information content (AvgIpc) is 2.81. The van der Waals surface area contributed by atoms with Crippen LogP contribution in [0.3, 0.4) is 0 Å². The van der Waals surface area contributed by atoms with Gasteiger partial charge in [-0.05, 0) is 55.0 Å². The van der Waals surface area contributed by atoms with E-state index in [1.807, 2.05) is 19.1 Å². The molecule has 9 heteroatoms. The summed E-state index contributed by atoms with van der Waals surface area (Å²) in [6, 6.07) is 18.1. The van der Waals surface area contributed by atoms with Crippen LogP contribution in [0.15, 0.2) is 71.8 Å². The van der Waals surface area contributed by atoms with E-state index in [-0.39, 0.29) is 22.7 Å². The minimum Gasteiger partial charge on any atom is -0.504 e. The zero-order valence-electron chi connectivity index (χ0n) is 18.0. The Morgan fingerprint density at radius 3 is 2.39 bits per heavy atom. The second-order valence-corrected chi connectivity index (χ2v) is 6.95. The van der Waals surface area contributed by atoms with E-state index in [1.165, 1.54) is 37.6 Å². The molecule has 0 aliphatic heterocycles. The van der Waals surface area contributed by atoms with Gasteiger partial charge < -0.3 is 20.5 Å². The first-order valence-corrected chi connectivity index (χ1v) is 9.86. The molecular formula is C24H22N4O5. The van der Waals surface area contributed by atoms with Crippen LogP contribution in [-0.4, -0.2) is 36.2 Å². The summed E-state index contributed by atoms with van der Waals surface area (Å²) in [7, 11) is 1.40. The number of carbonyl (C=O) groups is 3. The minimum atomic E-state index is -1.02. The number of nitrogens with one attached hydrogen (secondary N) is 3. The quantitative estimate of drug-likeness (QED) is 0.263. The van der Waals surface area contributed by atoms with Crippen molar-refractivity contribution in [1.82, 2.24) is 5.43 Å². The SMILES string of the molecule is COc1cc(/C=N/NC(=O)C(=O)Nc2ccccc2C(=O)Nc2ccc(C)cc2)ccc1O. The topological polar surface area (TPSA) is 129 Å². The molecule has 0 saturated carbocycles. The third-order valence-electron chi connectivity index (χ3n) is 4.52. The van der Waals surface area contributed by atoms with Gasteiger partial charge >= 0.3 is 11.8 Å². The normalized spacial score (nSPS) is 10.5. The van der Waals surface area contributed by atoms with Gasteiger partial charge in [0.15, 0.2) is 11.5 Å². The molecule has 3 aromatic carbocycles. The molecule has 0 aliphatic rings. The predicted molar refractivity (Wildman–Crippen MR) is 125 cm³/mol. The van der Waals surface area contributed by atoms with Crippen molar-refractivity contribution in [3.05, 3.63) is 83.4 Å². The highest BCUT2D eigenvalue weighted by Gasteiger charge is 2.17. The number of ether oxygens (including phenoxy) is 1. The Bertz CT molecular complexity index is 1210. The number of aryl methyl sites for hydroxylation is 1. The fourth-order valence-corrected chi connectivity index (χ4v) is 2.80. The van der Waals surface area contributed by atoms with Gasteiger partial charge in [0.2, 0.25) is 0 Å². The number of amides is 3. The van der Waals surface area contributed by atoms with Gasteiger partial charge in [0.05, 0.1) is 24.6 Å². The Morgan fingerprint density at radius 2 is 1.67 bits per heavy atom. The summed E-state index contributed by atoms with van der Waals surface area (Å²) < 4.78 is 5.00. The number of benzene rings is 3. The number of para-hydroxylation sites is 1. The molecule has 3 amide bonds. The molecular weight excluding hydrogens is 424 g/mol. The van der Waals surface area contributed by atoms with Gasteiger partial charge in [-0.1, -0.05) is 29.8 Å². The van der Waals surface area contributed by atoms with Gasteiger partial charge in [0, 0.05) is 5.69 Å². The van der Waals surface area contributed by atoms with Crippen LogP contribution in [0, 0.1) is 6.92 Å². The molecule has 0 heterocycles. The lowest BCUT2D eigenvalue weighted by Crippen LogP contribution is -2.33. The first kappa shape index (κ1) is 23.0. The van der Waals surface area contributed by atoms with Crippen molar-refractivity contribution in [2.24, 2.45) is 5.10 Å².